The van der Waals surface area contributed by atoms with Gasteiger partial charge in [0.2, 0.25) is 11.8 Å². The number of benzene rings is 1. The molecular weight excluding hydrogens is 346 g/mol. The van der Waals surface area contributed by atoms with Gasteiger partial charge in [-0.25, -0.2) is 4.98 Å². The fourth-order valence-electron chi connectivity index (χ4n) is 2.52. The monoisotopic (exact) mass is 367 g/mol. The van der Waals surface area contributed by atoms with Crippen molar-refractivity contribution in [3.63, 3.8) is 0 Å². The zero-order chi connectivity index (χ0) is 19.2. The second kappa shape index (κ2) is 8.31. The number of nitrogens with zero attached hydrogens (tertiary/aromatic N) is 4. The molecule has 0 unspecified atom stereocenters. The van der Waals surface area contributed by atoms with Crippen molar-refractivity contribution in [1.82, 2.24) is 24.8 Å². The van der Waals surface area contributed by atoms with E-state index in [9.17, 15) is 4.79 Å². The number of imidazole rings is 1. The smallest absolute Gasteiger partial charge is 0.251 e. The van der Waals surface area contributed by atoms with Crippen molar-refractivity contribution in [3.05, 3.63) is 54.6 Å². The normalized spacial score (nSPS) is 11.7. The van der Waals surface area contributed by atoms with Crippen molar-refractivity contribution >= 4 is 5.91 Å². The number of amides is 1. The van der Waals surface area contributed by atoms with Crippen molar-refractivity contribution in [1.29, 1.82) is 0 Å². The van der Waals surface area contributed by atoms with Crippen molar-refractivity contribution in [2.75, 3.05) is 20.8 Å². The Morgan fingerprint density at radius 2 is 1.93 bits per heavy atom. The molecule has 1 aromatic carbocycles. The van der Waals surface area contributed by atoms with Crippen molar-refractivity contribution in [2.24, 2.45) is 0 Å². The summed E-state index contributed by atoms with van der Waals surface area (Å²) in [7, 11) is 3.05. The second-order valence-electron chi connectivity index (χ2n) is 5.93. The highest BCUT2D eigenvalue weighted by molar-refractivity contribution is 5.95. The Labute approximate surface area is 157 Å². The van der Waals surface area contributed by atoms with Crippen LogP contribution in [0.25, 0.3) is 11.4 Å². The molecule has 2 aromatic heterocycles. The lowest BCUT2D eigenvalue weighted by molar-refractivity contribution is 0.0948. The summed E-state index contributed by atoms with van der Waals surface area (Å²) in [5, 5.41) is 2.93. The highest BCUT2D eigenvalue weighted by Gasteiger charge is 2.12. The molecule has 0 saturated heterocycles. The Kier molecular flexibility index (Phi) is 5.65. The van der Waals surface area contributed by atoms with Gasteiger partial charge in [0.25, 0.3) is 5.91 Å². The first-order chi connectivity index (χ1) is 13.1. The van der Waals surface area contributed by atoms with E-state index in [1.54, 1.807) is 36.8 Å². The number of hydrogen-bond acceptors (Lipinski definition) is 6. The molecular formula is C19H21N5O3. The summed E-state index contributed by atoms with van der Waals surface area (Å²) < 4.78 is 12.3. The van der Waals surface area contributed by atoms with E-state index in [4.69, 9.17) is 9.47 Å². The molecule has 1 atom stereocenters. The molecule has 0 bridgehead atoms. The maximum absolute atomic E-state index is 12.5. The second-order valence-corrected chi connectivity index (χ2v) is 5.93. The summed E-state index contributed by atoms with van der Waals surface area (Å²) >= 11 is 0. The van der Waals surface area contributed by atoms with Crippen LogP contribution in [0.15, 0.2) is 49.1 Å². The average Bonchev–Trinajstić information content (AvgIpc) is 3.26. The third kappa shape index (κ3) is 4.41. The number of carbonyl (C=O) groups excluding carboxylic acids is 1. The van der Waals surface area contributed by atoms with E-state index >= 15 is 0 Å². The van der Waals surface area contributed by atoms with E-state index in [1.165, 1.54) is 14.2 Å². The van der Waals surface area contributed by atoms with Crippen LogP contribution in [-0.4, -0.2) is 46.2 Å². The number of rotatable bonds is 7. The van der Waals surface area contributed by atoms with Crippen LogP contribution in [0.2, 0.25) is 0 Å². The van der Waals surface area contributed by atoms with Gasteiger partial charge in [0.15, 0.2) is 5.82 Å². The van der Waals surface area contributed by atoms with Crippen LogP contribution in [0.5, 0.6) is 11.8 Å². The Balaban J connectivity index is 1.76. The Morgan fingerprint density at radius 1 is 1.19 bits per heavy atom. The van der Waals surface area contributed by atoms with E-state index in [-0.39, 0.29) is 11.9 Å². The van der Waals surface area contributed by atoms with E-state index < -0.39 is 0 Å². The summed E-state index contributed by atoms with van der Waals surface area (Å²) in [5.74, 6) is 1.04. The van der Waals surface area contributed by atoms with Gasteiger partial charge in [-0.3, -0.25) is 4.79 Å². The minimum absolute atomic E-state index is 0.102. The molecule has 3 aromatic rings. The standard InChI is InChI=1S/C19H21N5O3/c1-13(24-8-7-20-12-24)11-21-19(25)15-6-4-5-14(9-15)18-22-16(26-2)10-17(23-18)27-3/h4-10,12-13H,11H2,1-3H3,(H,21,25)/t13-/m0/s1. The molecule has 0 fully saturated rings. The predicted molar refractivity (Wildman–Crippen MR) is 99.8 cm³/mol. The minimum Gasteiger partial charge on any atom is -0.481 e. The molecule has 1 N–H and O–H groups in total. The van der Waals surface area contributed by atoms with Crippen molar-refractivity contribution in [3.8, 4) is 23.1 Å². The Hall–Kier alpha value is -3.42. The molecule has 0 radical (unpaired) electrons. The van der Waals surface area contributed by atoms with Gasteiger partial charge >= 0.3 is 0 Å². The van der Waals surface area contributed by atoms with Crippen LogP contribution in [0.1, 0.15) is 23.3 Å². The summed E-state index contributed by atoms with van der Waals surface area (Å²) in [6, 6.07) is 8.81. The molecule has 0 aliphatic rings. The van der Waals surface area contributed by atoms with Crippen LogP contribution in [-0.2, 0) is 0 Å². The van der Waals surface area contributed by atoms with Crippen LogP contribution >= 0.6 is 0 Å². The minimum atomic E-state index is -0.168. The SMILES string of the molecule is COc1cc(OC)nc(-c2cccc(C(=O)NC[C@H](C)n3ccnc3)c2)n1. The van der Waals surface area contributed by atoms with Crippen LogP contribution < -0.4 is 14.8 Å². The topological polar surface area (TPSA) is 91.2 Å². The third-order valence-electron chi connectivity index (χ3n) is 4.07. The summed E-state index contributed by atoms with van der Waals surface area (Å²) in [4.78, 5) is 25.2. The fourth-order valence-corrected chi connectivity index (χ4v) is 2.52. The number of hydrogen-bond donors (Lipinski definition) is 1. The quantitative estimate of drug-likeness (QED) is 0.689. The van der Waals surface area contributed by atoms with Crippen molar-refractivity contribution in [2.45, 2.75) is 13.0 Å². The molecule has 0 saturated carbocycles. The summed E-state index contributed by atoms with van der Waals surface area (Å²) in [5.41, 5.74) is 1.22. The van der Waals surface area contributed by atoms with Gasteiger partial charge in [-0.1, -0.05) is 12.1 Å². The Morgan fingerprint density at radius 3 is 2.56 bits per heavy atom. The number of carbonyl (C=O) groups is 1. The van der Waals surface area contributed by atoms with E-state index in [2.05, 4.69) is 20.3 Å². The van der Waals surface area contributed by atoms with Crippen LogP contribution in [0.4, 0.5) is 0 Å². The number of aromatic nitrogens is 4. The van der Waals surface area contributed by atoms with Gasteiger partial charge in [0.1, 0.15) is 0 Å². The average molecular weight is 367 g/mol. The molecule has 8 heteroatoms. The molecule has 8 nitrogen and oxygen atoms in total. The van der Waals surface area contributed by atoms with Crippen LogP contribution in [0.3, 0.4) is 0 Å². The first-order valence-corrected chi connectivity index (χ1v) is 8.44. The largest absolute Gasteiger partial charge is 0.481 e. The molecule has 0 aliphatic carbocycles. The number of nitrogens with one attached hydrogen (secondary N) is 1. The lowest BCUT2D eigenvalue weighted by Crippen LogP contribution is -2.29. The molecule has 1 amide bonds. The zero-order valence-electron chi connectivity index (χ0n) is 15.4. The van der Waals surface area contributed by atoms with Gasteiger partial charge in [0.05, 0.1) is 26.6 Å². The van der Waals surface area contributed by atoms with Gasteiger partial charge in [-0.2, -0.15) is 9.97 Å². The van der Waals surface area contributed by atoms with Gasteiger partial charge in [0, 0.05) is 36.1 Å². The van der Waals surface area contributed by atoms with E-state index in [0.29, 0.717) is 35.3 Å². The number of ether oxygens (including phenoxy) is 2. The zero-order valence-corrected chi connectivity index (χ0v) is 15.4. The molecule has 3 rings (SSSR count). The highest BCUT2D eigenvalue weighted by Crippen LogP contribution is 2.23. The maximum Gasteiger partial charge on any atom is 0.251 e. The van der Waals surface area contributed by atoms with Gasteiger partial charge in [-0.05, 0) is 19.1 Å². The summed E-state index contributed by atoms with van der Waals surface area (Å²) in [6.07, 6.45) is 5.31. The lowest BCUT2D eigenvalue weighted by Gasteiger charge is -2.14. The van der Waals surface area contributed by atoms with Crippen molar-refractivity contribution < 1.29 is 14.3 Å². The molecule has 0 aliphatic heterocycles. The lowest BCUT2D eigenvalue weighted by atomic mass is 10.1. The molecule has 27 heavy (non-hydrogen) atoms. The van der Waals surface area contributed by atoms with Gasteiger partial charge < -0.3 is 19.4 Å². The van der Waals surface area contributed by atoms with E-state index in [1.807, 2.05) is 23.8 Å². The van der Waals surface area contributed by atoms with Crippen LogP contribution in [0, 0.1) is 0 Å². The molecule has 0 spiro atoms. The number of methoxy groups -OCH3 is 2. The third-order valence-corrected chi connectivity index (χ3v) is 4.07. The fraction of sp³-hybridized carbons (Fsp3) is 0.263. The van der Waals surface area contributed by atoms with Gasteiger partial charge in [-0.15, -0.1) is 0 Å². The predicted octanol–water partition coefficient (Wildman–Crippen LogP) is 2.35. The Bertz CT molecular complexity index is 889. The maximum atomic E-state index is 12.5. The van der Waals surface area contributed by atoms with E-state index in [0.717, 1.165) is 0 Å². The summed E-state index contributed by atoms with van der Waals surface area (Å²) in [6.45, 7) is 2.50. The molecule has 2 heterocycles. The highest BCUT2D eigenvalue weighted by atomic mass is 16.5. The first kappa shape index (κ1) is 18.4. The molecule has 140 valence electrons. The first-order valence-electron chi connectivity index (χ1n) is 8.44.